The molecule has 21 heavy (non-hydrogen) atoms. The van der Waals surface area contributed by atoms with Crippen molar-refractivity contribution in [3.63, 3.8) is 0 Å². The van der Waals surface area contributed by atoms with Gasteiger partial charge in [-0.2, -0.15) is 0 Å². The molecule has 0 aliphatic carbocycles. The number of nitrogens with two attached hydrogens (primary N) is 1. The molecule has 0 atom stereocenters. The standard InChI is InChI=1S/C17H17N3S/c1-11-8-14(9-12(2)19-11)17-20-16(15(10-18)21-17)13-6-4-3-5-7-13/h3-9H,10,18H2,1-2H3. The van der Waals surface area contributed by atoms with Crippen LogP contribution < -0.4 is 5.73 Å². The average molecular weight is 295 g/mol. The Labute approximate surface area is 128 Å². The molecule has 0 fully saturated rings. The van der Waals surface area contributed by atoms with Gasteiger partial charge in [0.2, 0.25) is 0 Å². The van der Waals surface area contributed by atoms with Crippen LogP contribution in [0.4, 0.5) is 0 Å². The number of nitrogens with zero attached hydrogens (tertiary/aromatic N) is 2. The third kappa shape index (κ3) is 2.86. The van der Waals surface area contributed by atoms with Crippen LogP contribution in [0.15, 0.2) is 42.5 Å². The van der Waals surface area contributed by atoms with E-state index in [-0.39, 0.29) is 0 Å². The highest BCUT2D eigenvalue weighted by Crippen LogP contribution is 2.33. The van der Waals surface area contributed by atoms with E-state index in [0.717, 1.165) is 38.1 Å². The molecule has 3 nitrogen and oxygen atoms in total. The van der Waals surface area contributed by atoms with E-state index in [2.05, 4.69) is 29.2 Å². The van der Waals surface area contributed by atoms with Crippen molar-refractivity contribution < 1.29 is 0 Å². The molecule has 0 amide bonds. The van der Waals surface area contributed by atoms with Crippen LogP contribution in [-0.4, -0.2) is 9.97 Å². The van der Waals surface area contributed by atoms with Gasteiger partial charge in [-0.05, 0) is 26.0 Å². The Morgan fingerprint density at radius 1 is 0.952 bits per heavy atom. The Morgan fingerprint density at radius 2 is 1.62 bits per heavy atom. The van der Waals surface area contributed by atoms with Crippen LogP contribution in [0.5, 0.6) is 0 Å². The first kappa shape index (κ1) is 13.9. The summed E-state index contributed by atoms with van der Waals surface area (Å²) in [6, 6.07) is 14.3. The summed E-state index contributed by atoms with van der Waals surface area (Å²) in [5.41, 5.74) is 11.1. The van der Waals surface area contributed by atoms with Gasteiger partial charge >= 0.3 is 0 Å². The topological polar surface area (TPSA) is 51.8 Å². The molecule has 0 unspecified atom stereocenters. The number of aromatic nitrogens is 2. The summed E-state index contributed by atoms with van der Waals surface area (Å²) in [4.78, 5) is 10.3. The lowest BCUT2D eigenvalue weighted by atomic mass is 10.1. The SMILES string of the molecule is Cc1cc(-c2nc(-c3ccccc3)c(CN)s2)cc(C)n1. The number of pyridine rings is 1. The lowest BCUT2D eigenvalue weighted by Crippen LogP contribution is -1.95. The summed E-state index contributed by atoms with van der Waals surface area (Å²) < 4.78 is 0. The summed E-state index contributed by atoms with van der Waals surface area (Å²) >= 11 is 1.66. The number of hydrogen-bond donors (Lipinski definition) is 1. The van der Waals surface area contributed by atoms with Crippen molar-refractivity contribution in [2.24, 2.45) is 5.73 Å². The zero-order valence-electron chi connectivity index (χ0n) is 12.1. The monoisotopic (exact) mass is 295 g/mol. The van der Waals surface area contributed by atoms with Crippen LogP contribution in [0.1, 0.15) is 16.3 Å². The molecule has 2 heterocycles. The van der Waals surface area contributed by atoms with Crippen molar-refractivity contribution in [3.8, 4) is 21.8 Å². The van der Waals surface area contributed by atoms with Crippen LogP contribution in [0.2, 0.25) is 0 Å². The largest absolute Gasteiger partial charge is 0.326 e. The maximum atomic E-state index is 5.90. The van der Waals surface area contributed by atoms with Crippen LogP contribution in [0.25, 0.3) is 21.8 Å². The summed E-state index contributed by atoms with van der Waals surface area (Å²) in [6.07, 6.45) is 0. The maximum absolute atomic E-state index is 5.90. The summed E-state index contributed by atoms with van der Waals surface area (Å²) in [5, 5.41) is 1.00. The number of aryl methyl sites for hydroxylation is 2. The van der Waals surface area contributed by atoms with E-state index in [1.165, 1.54) is 0 Å². The van der Waals surface area contributed by atoms with Gasteiger partial charge in [-0.3, -0.25) is 4.98 Å². The van der Waals surface area contributed by atoms with Gasteiger partial charge in [-0.25, -0.2) is 4.98 Å². The average Bonchev–Trinajstić information content (AvgIpc) is 2.91. The summed E-state index contributed by atoms with van der Waals surface area (Å²) in [7, 11) is 0. The van der Waals surface area contributed by atoms with Crippen LogP contribution in [-0.2, 0) is 6.54 Å². The van der Waals surface area contributed by atoms with Crippen molar-refractivity contribution >= 4 is 11.3 Å². The van der Waals surface area contributed by atoms with Gasteiger partial charge < -0.3 is 5.73 Å². The first-order valence-corrected chi connectivity index (χ1v) is 7.70. The molecule has 0 saturated carbocycles. The molecule has 0 aliphatic heterocycles. The highest BCUT2D eigenvalue weighted by molar-refractivity contribution is 7.15. The van der Waals surface area contributed by atoms with Crippen LogP contribution in [0, 0.1) is 13.8 Å². The first-order valence-electron chi connectivity index (χ1n) is 6.88. The zero-order chi connectivity index (χ0) is 14.8. The number of thiazole rings is 1. The van der Waals surface area contributed by atoms with Gasteiger partial charge in [-0.1, -0.05) is 30.3 Å². The Hall–Kier alpha value is -2.04. The molecule has 0 saturated heterocycles. The van der Waals surface area contributed by atoms with Gasteiger partial charge in [0.25, 0.3) is 0 Å². The maximum Gasteiger partial charge on any atom is 0.124 e. The van der Waals surface area contributed by atoms with Crippen molar-refractivity contribution in [2.45, 2.75) is 20.4 Å². The molecule has 1 aromatic carbocycles. The molecular weight excluding hydrogens is 278 g/mol. The molecule has 0 aliphatic rings. The summed E-state index contributed by atoms with van der Waals surface area (Å²) in [6.45, 7) is 4.52. The Bertz CT molecular complexity index is 743. The van der Waals surface area contributed by atoms with E-state index in [1.807, 2.05) is 32.0 Å². The van der Waals surface area contributed by atoms with Gasteiger partial charge in [-0.15, -0.1) is 11.3 Å². The molecule has 2 aromatic heterocycles. The molecule has 2 N–H and O–H groups in total. The van der Waals surface area contributed by atoms with Crippen molar-refractivity contribution in [1.82, 2.24) is 9.97 Å². The second kappa shape index (κ2) is 5.76. The summed E-state index contributed by atoms with van der Waals surface area (Å²) in [5.74, 6) is 0. The fraction of sp³-hybridized carbons (Fsp3) is 0.176. The van der Waals surface area contributed by atoms with E-state index < -0.39 is 0 Å². The fourth-order valence-corrected chi connectivity index (χ4v) is 3.34. The Morgan fingerprint density at radius 3 is 2.24 bits per heavy atom. The fourth-order valence-electron chi connectivity index (χ4n) is 2.39. The molecular formula is C17H17N3S. The second-order valence-corrected chi connectivity index (χ2v) is 6.08. The number of rotatable bonds is 3. The zero-order valence-corrected chi connectivity index (χ0v) is 12.9. The minimum Gasteiger partial charge on any atom is -0.326 e. The molecule has 0 radical (unpaired) electrons. The lowest BCUT2D eigenvalue weighted by molar-refractivity contribution is 1.10. The quantitative estimate of drug-likeness (QED) is 0.796. The molecule has 0 spiro atoms. The highest BCUT2D eigenvalue weighted by Gasteiger charge is 2.13. The molecule has 3 aromatic rings. The number of benzene rings is 1. The van der Waals surface area contributed by atoms with Crippen molar-refractivity contribution in [2.75, 3.05) is 0 Å². The van der Waals surface area contributed by atoms with Gasteiger partial charge in [0.05, 0.1) is 5.69 Å². The molecule has 106 valence electrons. The predicted octanol–water partition coefficient (Wildman–Crippen LogP) is 3.95. The van der Waals surface area contributed by atoms with E-state index in [9.17, 15) is 0 Å². The minimum absolute atomic E-state index is 0.505. The Kier molecular flexibility index (Phi) is 3.82. The lowest BCUT2D eigenvalue weighted by Gasteiger charge is -2.00. The third-order valence-corrected chi connectivity index (χ3v) is 4.39. The van der Waals surface area contributed by atoms with E-state index in [0.29, 0.717) is 6.54 Å². The van der Waals surface area contributed by atoms with E-state index in [1.54, 1.807) is 11.3 Å². The highest BCUT2D eigenvalue weighted by atomic mass is 32.1. The normalized spacial score (nSPS) is 10.8. The Balaban J connectivity index is 2.11. The predicted molar refractivity (Wildman–Crippen MR) is 88.1 cm³/mol. The van der Waals surface area contributed by atoms with E-state index in [4.69, 9.17) is 10.7 Å². The van der Waals surface area contributed by atoms with E-state index >= 15 is 0 Å². The smallest absolute Gasteiger partial charge is 0.124 e. The number of hydrogen-bond acceptors (Lipinski definition) is 4. The van der Waals surface area contributed by atoms with Crippen LogP contribution in [0.3, 0.4) is 0 Å². The van der Waals surface area contributed by atoms with Gasteiger partial charge in [0.15, 0.2) is 0 Å². The molecule has 4 heteroatoms. The third-order valence-electron chi connectivity index (χ3n) is 3.26. The molecule has 0 bridgehead atoms. The van der Waals surface area contributed by atoms with Crippen LogP contribution >= 0.6 is 11.3 Å². The molecule has 3 rings (SSSR count). The van der Waals surface area contributed by atoms with Crippen molar-refractivity contribution in [3.05, 3.63) is 58.7 Å². The second-order valence-electron chi connectivity index (χ2n) is 5.00. The first-order chi connectivity index (χ1) is 10.2. The van der Waals surface area contributed by atoms with Gasteiger partial charge in [0, 0.05) is 33.9 Å². The minimum atomic E-state index is 0.505. The van der Waals surface area contributed by atoms with Gasteiger partial charge in [0.1, 0.15) is 5.01 Å². The van der Waals surface area contributed by atoms with Crippen molar-refractivity contribution in [1.29, 1.82) is 0 Å².